The second kappa shape index (κ2) is 4.66. The van der Waals surface area contributed by atoms with Gasteiger partial charge in [-0.05, 0) is 23.6 Å². The minimum atomic E-state index is -0.0133. The summed E-state index contributed by atoms with van der Waals surface area (Å²) in [5.41, 5.74) is 7.40. The first-order chi connectivity index (χ1) is 6.69. The van der Waals surface area contributed by atoms with E-state index in [9.17, 15) is 0 Å². The average Bonchev–Trinajstić information content (AvgIpc) is 2.21. The van der Waals surface area contributed by atoms with Gasteiger partial charge in [-0.1, -0.05) is 32.4 Å². The van der Waals surface area contributed by atoms with Crippen LogP contribution in [0.1, 0.15) is 31.7 Å². The zero-order chi connectivity index (χ0) is 10.6. The summed E-state index contributed by atoms with van der Waals surface area (Å²) in [6.07, 6.45) is 1.02. The van der Waals surface area contributed by atoms with E-state index in [4.69, 9.17) is 11.0 Å². The highest BCUT2D eigenvalue weighted by Gasteiger charge is 2.16. The zero-order valence-corrected chi connectivity index (χ0v) is 8.70. The van der Waals surface area contributed by atoms with Crippen LogP contribution in [0.15, 0.2) is 24.3 Å². The molecule has 0 aliphatic carbocycles. The molecule has 2 unspecified atom stereocenters. The number of hydrogen-bond acceptors (Lipinski definition) is 2. The van der Waals surface area contributed by atoms with E-state index in [0.717, 1.165) is 17.7 Å². The fourth-order valence-corrected chi connectivity index (χ4v) is 1.47. The summed E-state index contributed by atoms with van der Waals surface area (Å²) in [4.78, 5) is 0. The van der Waals surface area contributed by atoms with Crippen LogP contribution in [0, 0.1) is 17.2 Å². The zero-order valence-electron chi connectivity index (χ0n) is 8.70. The summed E-state index contributed by atoms with van der Waals surface area (Å²) in [7, 11) is 0. The minimum absolute atomic E-state index is 0.0133. The normalized spacial score (nSPS) is 14.4. The molecule has 0 fully saturated rings. The lowest BCUT2D eigenvalue weighted by Gasteiger charge is -2.15. The van der Waals surface area contributed by atoms with Crippen molar-refractivity contribution in [1.82, 2.24) is 0 Å². The van der Waals surface area contributed by atoms with Gasteiger partial charge in [0.05, 0.1) is 12.0 Å². The molecule has 0 aliphatic rings. The van der Waals surface area contributed by atoms with Gasteiger partial charge in [0.15, 0.2) is 0 Å². The number of hydrogen-bond donors (Lipinski definition) is 1. The van der Waals surface area contributed by atoms with E-state index in [1.807, 2.05) is 24.3 Å². The van der Waals surface area contributed by atoms with E-state index in [0.29, 0.717) is 5.92 Å². The maximum Gasteiger partial charge on any atom is 0.0738 e. The summed E-state index contributed by atoms with van der Waals surface area (Å²) < 4.78 is 0. The van der Waals surface area contributed by atoms with Crippen LogP contribution in [0.4, 0.5) is 5.69 Å². The maximum absolute atomic E-state index is 9.07. The Morgan fingerprint density at radius 1 is 1.36 bits per heavy atom. The summed E-state index contributed by atoms with van der Waals surface area (Å²) in [6.45, 7) is 4.20. The van der Waals surface area contributed by atoms with Crippen molar-refractivity contribution < 1.29 is 0 Å². The summed E-state index contributed by atoms with van der Waals surface area (Å²) in [5.74, 6) is 0.379. The number of nitrogens with zero attached hydrogens (tertiary/aromatic N) is 1. The lowest BCUT2D eigenvalue weighted by molar-refractivity contribution is 0.514. The topological polar surface area (TPSA) is 49.8 Å². The average molecular weight is 188 g/mol. The second-order valence-electron chi connectivity index (χ2n) is 3.66. The molecule has 0 saturated carbocycles. The molecule has 0 spiro atoms. The fourth-order valence-electron chi connectivity index (χ4n) is 1.47. The van der Waals surface area contributed by atoms with E-state index in [-0.39, 0.29) is 5.92 Å². The Hall–Kier alpha value is -1.49. The van der Waals surface area contributed by atoms with Crippen LogP contribution in [0.5, 0.6) is 0 Å². The van der Waals surface area contributed by atoms with Gasteiger partial charge in [-0.15, -0.1) is 0 Å². The monoisotopic (exact) mass is 188 g/mol. The first kappa shape index (κ1) is 10.6. The molecule has 2 nitrogen and oxygen atoms in total. The SMILES string of the molecule is CCC(C)C(C#N)c1ccc(N)cc1. The second-order valence-corrected chi connectivity index (χ2v) is 3.66. The van der Waals surface area contributed by atoms with Crippen molar-refractivity contribution >= 4 is 5.69 Å². The van der Waals surface area contributed by atoms with Crippen molar-refractivity contribution in [1.29, 1.82) is 5.26 Å². The van der Waals surface area contributed by atoms with Crippen LogP contribution in [0.2, 0.25) is 0 Å². The third-order valence-corrected chi connectivity index (χ3v) is 2.65. The van der Waals surface area contributed by atoms with Crippen LogP contribution in [-0.4, -0.2) is 0 Å². The van der Waals surface area contributed by atoms with Gasteiger partial charge in [0, 0.05) is 5.69 Å². The van der Waals surface area contributed by atoms with Crippen LogP contribution in [-0.2, 0) is 0 Å². The molecule has 0 saturated heterocycles. The van der Waals surface area contributed by atoms with Gasteiger partial charge in [0.1, 0.15) is 0 Å². The highest BCUT2D eigenvalue weighted by molar-refractivity contribution is 5.41. The molecule has 74 valence electrons. The Labute approximate surface area is 85.4 Å². The van der Waals surface area contributed by atoms with Crippen LogP contribution < -0.4 is 5.73 Å². The number of anilines is 1. The summed E-state index contributed by atoms with van der Waals surface area (Å²) in [6, 6.07) is 9.93. The van der Waals surface area contributed by atoms with Crippen LogP contribution >= 0.6 is 0 Å². The predicted octanol–water partition coefficient (Wildman–Crippen LogP) is 2.92. The third-order valence-electron chi connectivity index (χ3n) is 2.65. The molecule has 14 heavy (non-hydrogen) atoms. The molecule has 0 amide bonds. The molecule has 1 rings (SSSR count). The Morgan fingerprint density at radius 3 is 2.36 bits per heavy atom. The number of benzene rings is 1. The minimum Gasteiger partial charge on any atom is -0.399 e. The first-order valence-electron chi connectivity index (χ1n) is 4.94. The fraction of sp³-hybridized carbons (Fsp3) is 0.417. The van der Waals surface area contributed by atoms with Gasteiger partial charge in [-0.25, -0.2) is 0 Å². The summed E-state index contributed by atoms with van der Waals surface area (Å²) >= 11 is 0. The lowest BCUT2D eigenvalue weighted by atomic mass is 9.87. The molecule has 0 bridgehead atoms. The van der Waals surface area contributed by atoms with Crippen molar-refractivity contribution in [3.05, 3.63) is 29.8 Å². The summed E-state index contributed by atoms with van der Waals surface area (Å²) in [5, 5.41) is 9.07. The van der Waals surface area contributed by atoms with E-state index < -0.39 is 0 Å². The maximum atomic E-state index is 9.07. The van der Waals surface area contributed by atoms with Crippen molar-refractivity contribution in [2.75, 3.05) is 5.73 Å². The van der Waals surface area contributed by atoms with Crippen LogP contribution in [0.25, 0.3) is 0 Å². The molecular formula is C12H16N2. The number of nitriles is 1. The number of nitrogen functional groups attached to an aromatic ring is 1. The molecule has 0 aliphatic heterocycles. The Kier molecular flexibility index (Phi) is 3.53. The molecule has 1 aromatic carbocycles. The molecule has 1 aromatic rings. The smallest absolute Gasteiger partial charge is 0.0738 e. The Balaban J connectivity index is 2.91. The molecule has 2 heteroatoms. The van der Waals surface area contributed by atoms with E-state index in [1.54, 1.807) is 0 Å². The van der Waals surface area contributed by atoms with Gasteiger partial charge < -0.3 is 5.73 Å². The van der Waals surface area contributed by atoms with Gasteiger partial charge in [0.25, 0.3) is 0 Å². The molecule has 0 radical (unpaired) electrons. The highest BCUT2D eigenvalue weighted by Crippen LogP contribution is 2.26. The van der Waals surface area contributed by atoms with Crippen molar-refractivity contribution in [2.24, 2.45) is 5.92 Å². The van der Waals surface area contributed by atoms with Gasteiger partial charge in [-0.2, -0.15) is 5.26 Å². The van der Waals surface area contributed by atoms with E-state index >= 15 is 0 Å². The molecule has 2 atom stereocenters. The Morgan fingerprint density at radius 2 is 1.93 bits per heavy atom. The van der Waals surface area contributed by atoms with Crippen molar-refractivity contribution in [2.45, 2.75) is 26.2 Å². The quantitative estimate of drug-likeness (QED) is 0.741. The van der Waals surface area contributed by atoms with E-state index in [2.05, 4.69) is 19.9 Å². The first-order valence-corrected chi connectivity index (χ1v) is 4.94. The molecule has 0 heterocycles. The third kappa shape index (κ3) is 2.26. The van der Waals surface area contributed by atoms with Crippen LogP contribution in [0.3, 0.4) is 0 Å². The number of rotatable bonds is 3. The van der Waals surface area contributed by atoms with Gasteiger partial charge in [-0.3, -0.25) is 0 Å². The largest absolute Gasteiger partial charge is 0.399 e. The standard InChI is InChI=1S/C12H16N2/c1-3-9(2)12(8-13)10-4-6-11(14)7-5-10/h4-7,9,12H,3,14H2,1-2H3. The van der Waals surface area contributed by atoms with Gasteiger partial charge >= 0.3 is 0 Å². The van der Waals surface area contributed by atoms with Gasteiger partial charge in [0.2, 0.25) is 0 Å². The highest BCUT2D eigenvalue weighted by atomic mass is 14.5. The molecular weight excluding hydrogens is 172 g/mol. The lowest BCUT2D eigenvalue weighted by Crippen LogP contribution is -2.06. The number of nitrogens with two attached hydrogens (primary N) is 1. The predicted molar refractivity (Wildman–Crippen MR) is 58.7 cm³/mol. The van der Waals surface area contributed by atoms with Crippen molar-refractivity contribution in [3.8, 4) is 6.07 Å². The van der Waals surface area contributed by atoms with Crippen molar-refractivity contribution in [3.63, 3.8) is 0 Å². The molecule has 2 N–H and O–H groups in total. The molecule has 0 aromatic heterocycles. The Bertz CT molecular complexity index is 321. The van der Waals surface area contributed by atoms with E-state index in [1.165, 1.54) is 0 Å².